The lowest BCUT2D eigenvalue weighted by Crippen LogP contribution is -2.28. The molecule has 0 fully saturated rings. The first kappa shape index (κ1) is 18.3. The van der Waals surface area contributed by atoms with Crippen molar-refractivity contribution in [3.05, 3.63) is 54.1 Å². The largest absolute Gasteiger partial charge is 0.457 e. The SMILES string of the molecule is O=S1(=O)CCn2nnc(-c3ccc(Oc4cccc(C(F)(F)F)c4)cc3)c2N1. The number of fused-ring (bicyclic) bond motifs is 1. The summed E-state index contributed by atoms with van der Waals surface area (Å²) in [5.74, 6) is 0.575. The molecule has 0 saturated heterocycles. The van der Waals surface area contributed by atoms with Gasteiger partial charge in [0.15, 0.2) is 5.82 Å². The van der Waals surface area contributed by atoms with Crippen molar-refractivity contribution in [1.82, 2.24) is 15.0 Å². The van der Waals surface area contributed by atoms with E-state index in [0.29, 0.717) is 17.0 Å². The molecular formula is C17H13F3N4O3S. The first-order chi connectivity index (χ1) is 13.2. The lowest BCUT2D eigenvalue weighted by Gasteiger charge is -2.16. The van der Waals surface area contributed by atoms with Gasteiger partial charge in [0.2, 0.25) is 10.0 Å². The van der Waals surface area contributed by atoms with Gasteiger partial charge < -0.3 is 4.74 Å². The monoisotopic (exact) mass is 410 g/mol. The second kappa shape index (κ2) is 6.51. The third-order valence-corrected chi connectivity index (χ3v) is 5.31. The van der Waals surface area contributed by atoms with Crippen LogP contribution in [0.4, 0.5) is 19.0 Å². The number of alkyl halides is 3. The van der Waals surface area contributed by atoms with Gasteiger partial charge in [-0.3, -0.25) is 4.72 Å². The quantitative estimate of drug-likeness (QED) is 0.714. The summed E-state index contributed by atoms with van der Waals surface area (Å²) in [5.41, 5.74) is 0.140. The Balaban J connectivity index is 1.57. The Kier molecular flexibility index (Phi) is 4.26. The van der Waals surface area contributed by atoms with Crippen LogP contribution in [0.2, 0.25) is 0 Å². The van der Waals surface area contributed by atoms with Gasteiger partial charge in [-0.15, -0.1) is 5.10 Å². The van der Waals surface area contributed by atoms with Crippen LogP contribution in [0.1, 0.15) is 5.56 Å². The molecule has 7 nitrogen and oxygen atoms in total. The molecule has 1 N–H and O–H groups in total. The number of nitrogens with zero attached hydrogens (tertiary/aromatic N) is 3. The molecule has 0 atom stereocenters. The molecule has 3 aromatic rings. The highest BCUT2D eigenvalue weighted by Gasteiger charge is 2.30. The fourth-order valence-corrected chi connectivity index (χ4v) is 3.73. The Morgan fingerprint density at radius 3 is 2.54 bits per heavy atom. The number of hydrogen-bond acceptors (Lipinski definition) is 5. The number of aryl methyl sites for hydroxylation is 1. The number of anilines is 1. The Hall–Kier alpha value is -3.08. The molecule has 1 aliphatic heterocycles. The number of benzene rings is 2. The van der Waals surface area contributed by atoms with Crippen molar-refractivity contribution in [1.29, 1.82) is 0 Å². The summed E-state index contributed by atoms with van der Waals surface area (Å²) >= 11 is 0. The van der Waals surface area contributed by atoms with Crippen LogP contribution >= 0.6 is 0 Å². The molecule has 1 aromatic heterocycles. The summed E-state index contributed by atoms with van der Waals surface area (Å²) in [5, 5.41) is 7.93. The molecule has 0 radical (unpaired) electrons. The third-order valence-electron chi connectivity index (χ3n) is 4.08. The van der Waals surface area contributed by atoms with Crippen LogP contribution in [0.15, 0.2) is 48.5 Å². The number of hydrogen-bond donors (Lipinski definition) is 1. The molecule has 28 heavy (non-hydrogen) atoms. The van der Waals surface area contributed by atoms with Crippen molar-refractivity contribution in [2.24, 2.45) is 0 Å². The van der Waals surface area contributed by atoms with Crippen LogP contribution in [0.3, 0.4) is 0 Å². The van der Waals surface area contributed by atoms with Crippen molar-refractivity contribution >= 4 is 15.8 Å². The standard InChI is InChI=1S/C17H13F3N4O3S/c18-17(19,20)12-2-1-3-14(10-12)27-13-6-4-11(5-7-13)15-16-22-28(25,26)9-8-24(16)23-21-15/h1-7,10,22H,8-9H2. The Bertz CT molecular complexity index is 1130. The van der Waals surface area contributed by atoms with Crippen LogP contribution in [-0.2, 0) is 22.7 Å². The minimum absolute atomic E-state index is 0.0522. The summed E-state index contributed by atoms with van der Waals surface area (Å²) in [4.78, 5) is 0. The van der Waals surface area contributed by atoms with E-state index in [1.807, 2.05) is 0 Å². The average Bonchev–Trinajstić information content (AvgIpc) is 3.04. The molecule has 0 amide bonds. The molecule has 0 unspecified atom stereocenters. The van der Waals surface area contributed by atoms with Gasteiger partial charge >= 0.3 is 6.18 Å². The molecule has 11 heteroatoms. The highest BCUT2D eigenvalue weighted by molar-refractivity contribution is 7.92. The van der Waals surface area contributed by atoms with Gasteiger partial charge in [0.05, 0.1) is 17.9 Å². The maximum absolute atomic E-state index is 12.8. The minimum atomic E-state index is -4.45. The molecule has 146 valence electrons. The summed E-state index contributed by atoms with van der Waals surface area (Å²) in [7, 11) is -3.43. The van der Waals surface area contributed by atoms with Crippen LogP contribution < -0.4 is 9.46 Å². The molecule has 0 spiro atoms. The second-order valence-corrected chi connectivity index (χ2v) is 7.92. The number of nitrogens with one attached hydrogen (secondary N) is 1. The molecule has 0 bridgehead atoms. The number of halogens is 3. The lowest BCUT2D eigenvalue weighted by molar-refractivity contribution is -0.137. The van der Waals surface area contributed by atoms with Crippen LogP contribution in [0, 0.1) is 0 Å². The third kappa shape index (κ3) is 3.65. The average molecular weight is 410 g/mol. The number of rotatable bonds is 3. The molecule has 4 rings (SSSR count). The van der Waals surface area contributed by atoms with Crippen LogP contribution in [0.5, 0.6) is 11.5 Å². The van der Waals surface area contributed by atoms with E-state index in [1.165, 1.54) is 16.8 Å². The van der Waals surface area contributed by atoms with Gasteiger partial charge in [0.25, 0.3) is 0 Å². The lowest BCUT2D eigenvalue weighted by atomic mass is 10.1. The Morgan fingerprint density at radius 2 is 1.82 bits per heavy atom. The van der Waals surface area contributed by atoms with E-state index < -0.39 is 21.8 Å². The maximum Gasteiger partial charge on any atom is 0.416 e. The number of ether oxygens (including phenoxy) is 1. The van der Waals surface area contributed by atoms with E-state index in [4.69, 9.17) is 4.74 Å². The van der Waals surface area contributed by atoms with Gasteiger partial charge in [0, 0.05) is 5.56 Å². The van der Waals surface area contributed by atoms with Gasteiger partial charge in [-0.1, -0.05) is 11.3 Å². The zero-order chi connectivity index (χ0) is 19.9. The van der Waals surface area contributed by atoms with Gasteiger partial charge in [-0.25, -0.2) is 13.1 Å². The summed E-state index contributed by atoms with van der Waals surface area (Å²) in [6, 6.07) is 10.9. The van der Waals surface area contributed by atoms with Crippen molar-refractivity contribution in [3.8, 4) is 22.8 Å². The predicted octanol–water partition coefficient (Wildman–Crippen LogP) is 3.51. The first-order valence-corrected chi connectivity index (χ1v) is 9.76. The zero-order valence-electron chi connectivity index (χ0n) is 14.1. The van der Waals surface area contributed by atoms with Gasteiger partial charge in [-0.2, -0.15) is 13.2 Å². The fraction of sp³-hybridized carbons (Fsp3) is 0.176. The van der Waals surface area contributed by atoms with Crippen molar-refractivity contribution in [2.75, 3.05) is 10.5 Å². The van der Waals surface area contributed by atoms with Crippen LogP contribution in [0.25, 0.3) is 11.3 Å². The topological polar surface area (TPSA) is 86.1 Å². The minimum Gasteiger partial charge on any atom is -0.457 e. The smallest absolute Gasteiger partial charge is 0.416 e. The molecule has 0 aliphatic carbocycles. The molecule has 1 aliphatic rings. The van der Waals surface area contributed by atoms with E-state index in [2.05, 4.69) is 15.0 Å². The van der Waals surface area contributed by atoms with E-state index >= 15 is 0 Å². The zero-order valence-corrected chi connectivity index (χ0v) is 15.0. The predicted molar refractivity (Wildman–Crippen MR) is 94.4 cm³/mol. The fourth-order valence-electron chi connectivity index (χ4n) is 2.72. The first-order valence-electron chi connectivity index (χ1n) is 8.11. The van der Waals surface area contributed by atoms with Crippen molar-refractivity contribution in [3.63, 3.8) is 0 Å². The Morgan fingerprint density at radius 1 is 1.07 bits per heavy atom. The molecule has 2 aromatic carbocycles. The van der Waals surface area contributed by atoms with E-state index in [1.54, 1.807) is 24.3 Å². The molecule has 2 heterocycles. The highest BCUT2D eigenvalue weighted by atomic mass is 32.2. The van der Waals surface area contributed by atoms with E-state index in [0.717, 1.165) is 12.1 Å². The maximum atomic E-state index is 12.8. The number of aromatic nitrogens is 3. The van der Waals surface area contributed by atoms with Crippen molar-refractivity contribution in [2.45, 2.75) is 12.7 Å². The van der Waals surface area contributed by atoms with Gasteiger partial charge in [-0.05, 0) is 42.5 Å². The van der Waals surface area contributed by atoms with Gasteiger partial charge in [0.1, 0.15) is 17.2 Å². The van der Waals surface area contributed by atoms with E-state index in [9.17, 15) is 21.6 Å². The van der Waals surface area contributed by atoms with E-state index in [-0.39, 0.29) is 23.9 Å². The highest BCUT2D eigenvalue weighted by Crippen LogP contribution is 2.34. The van der Waals surface area contributed by atoms with Crippen molar-refractivity contribution < 1.29 is 26.3 Å². The molecule has 0 saturated carbocycles. The molecular weight excluding hydrogens is 397 g/mol. The number of sulfonamides is 1. The second-order valence-electron chi connectivity index (χ2n) is 6.08. The summed E-state index contributed by atoms with van der Waals surface area (Å²) < 4.78 is 71.3. The summed E-state index contributed by atoms with van der Waals surface area (Å²) in [6.07, 6.45) is -4.45. The Labute approximate surface area is 157 Å². The van der Waals surface area contributed by atoms with Crippen LogP contribution in [-0.4, -0.2) is 29.2 Å². The normalized spacial score (nSPS) is 15.5. The summed E-state index contributed by atoms with van der Waals surface area (Å²) in [6.45, 7) is 0.203.